The van der Waals surface area contributed by atoms with E-state index in [2.05, 4.69) is 5.32 Å². The summed E-state index contributed by atoms with van der Waals surface area (Å²) in [6.45, 7) is -0.709. The van der Waals surface area contributed by atoms with E-state index in [9.17, 15) is 66.1 Å². The number of rotatable bonds is 11. The highest BCUT2D eigenvalue weighted by Crippen LogP contribution is 2.34. The van der Waals surface area contributed by atoms with Crippen LogP contribution < -0.4 is 5.32 Å². The first-order valence-corrected chi connectivity index (χ1v) is 15.4. The van der Waals surface area contributed by atoms with Crippen LogP contribution >= 0.6 is 0 Å². The van der Waals surface area contributed by atoms with Gasteiger partial charge in [-0.05, 0) is 6.92 Å². The number of nitrogens with one attached hydrogen (secondary N) is 1. The summed E-state index contributed by atoms with van der Waals surface area (Å²) in [5.74, 6) is -0.745. The van der Waals surface area contributed by atoms with Crippen LogP contribution in [-0.2, 0) is 38.0 Å². The third-order valence-corrected chi connectivity index (χ3v) is 8.87. The molecule has 4 aliphatic rings. The van der Waals surface area contributed by atoms with Crippen LogP contribution in [0.25, 0.3) is 0 Å². The van der Waals surface area contributed by atoms with Gasteiger partial charge in [0.25, 0.3) is 0 Å². The predicted octanol–water partition coefficient (Wildman–Crippen LogP) is -8.53. The van der Waals surface area contributed by atoms with Gasteiger partial charge in [0.1, 0.15) is 97.6 Å². The van der Waals surface area contributed by atoms with Gasteiger partial charge in [-0.2, -0.15) is 0 Å². The van der Waals surface area contributed by atoms with E-state index in [1.807, 2.05) is 0 Å². The minimum atomic E-state index is -1.98. The van der Waals surface area contributed by atoms with Gasteiger partial charge in [-0.15, -0.1) is 0 Å². The number of hydrogen-bond donors (Lipinski definition) is 13. The molecular weight excluding hydrogens is 658 g/mol. The maximum absolute atomic E-state index is 12.3. The minimum absolute atomic E-state index is 0.678. The fraction of sp³-hybridized carbons (Fsp3) is 0.963. The standard InChI is InChI=1S/C27H47NO20/c1-7-14(34)19(39)22(12(6-32)42-7)46-27-21(41)24(17(37)11(5-31)45-27)48-25-13(28-8(2)33)23(16(36)10(4-30)43-25)47-26-20(40)18(38)15(35)9(3-29)44-26/h7,9-27,29-32,34-41H,3-6H2,1-2H3,(H,28,33)/t7?,9?,10?,11?,12?,13?,14?,15-,16+,17-,18-,19-,20?,21?,22+,23-,24-,25-,26-,27-/m0/s1. The van der Waals surface area contributed by atoms with E-state index in [1.165, 1.54) is 6.92 Å². The summed E-state index contributed by atoms with van der Waals surface area (Å²) in [4.78, 5) is 12.3. The topological polar surface area (TPSA) is 336 Å². The molecular formula is C27H47NO20. The Hall–Kier alpha value is -1.29. The van der Waals surface area contributed by atoms with Crippen molar-refractivity contribution in [3.63, 3.8) is 0 Å². The molecule has 0 aromatic heterocycles. The van der Waals surface area contributed by atoms with Gasteiger partial charge in [-0.25, -0.2) is 0 Å². The maximum Gasteiger partial charge on any atom is 0.217 e. The van der Waals surface area contributed by atoms with Crippen LogP contribution in [0.4, 0.5) is 0 Å². The van der Waals surface area contributed by atoms with Crippen LogP contribution in [0.15, 0.2) is 0 Å². The highest BCUT2D eigenvalue weighted by molar-refractivity contribution is 5.73. The van der Waals surface area contributed by atoms with Crippen molar-refractivity contribution in [1.29, 1.82) is 0 Å². The second kappa shape index (κ2) is 16.8. The molecule has 4 fully saturated rings. The molecule has 0 aromatic carbocycles. The molecule has 0 radical (unpaired) electrons. The Labute approximate surface area is 273 Å². The summed E-state index contributed by atoms with van der Waals surface area (Å²) in [6, 6.07) is -1.58. The van der Waals surface area contributed by atoms with Gasteiger partial charge in [-0.1, -0.05) is 0 Å². The van der Waals surface area contributed by atoms with Crippen molar-refractivity contribution in [2.75, 3.05) is 26.4 Å². The van der Waals surface area contributed by atoms with Gasteiger partial charge in [0, 0.05) is 6.92 Å². The number of amides is 1. The van der Waals surface area contributed by atoms with Crippen molar-refractivity contribution in [3.05, 3.63) is 0 Å². The molecule has 20 atom stereocenters. The van der Waals surface area contributed by atoms with Crippen LogP contribution in [0, 0.1) is 0 Å². The van der Waals surface area contributed by atoms with Crippen LogP contribution in [0.1, 0.15) is 13.8 Å². The lowest BCUT2D eigenvalue weighted by molar-refractivity contribution is -0.375. The van der Waals surface area contributed by atoms with E-state index < -0.39 is 155 Å². The molecule has 21 nitrogen and oxygen atoms in total. The third kappa shape index (κ3) is 8.10. The summed E-state index contributed by atoms with van der Waals surface area (Å²) < 4.78 is 39.4. The van der Waals surface area contributed by atoms with Gasteiger partial charge in [0.15, 0.2) is 18.9 Å². The van der Waals surface area contributed by atoms with Gasteiger partial charge in [0.05, 0.1) is 32.5 Å². The van der Waals surface area contributed by atoms with Gasteiger partial charge in [-0.3, -0.25) is 4.79 Å². The molecule has 9 unspecified atom stereocenters. The molecule has 4 rings (SSSR count). The highest BCUT2D eigenvalue weighted by atomic mass is 16.8. The van der Waals surface area contributed by atoms with Crippen molar-refractivity contribution >= 4 is 5.91 Å². The molecule has 0 aromatic rings. The minimum Gasteiger partial charge on any atom is -0.394 e. The highest BCUT2D eigenvalue weighted by Gasteiger charge is 2.55. The first-order valence-electron chi connectivity index (χ1n) is 15.4. The average Bonchev–Trinajstić information content (AvgIpc) is 3.06. The zero-order valence-corrected chi connectivity index (χ0v) is 26.0. The van der Waals surface area contributed by atoms with Crippen molar-refractivity contribution in [1.82, 2.24) is 5.32 Å². The van der Waals surface area contributed by atoms with E-state index in [-0.39, 0.29) is 0 Å². The number of ether oxygens (including phenoxy) is 7. The zero-order valence-electron chi connectivity index (χ0n) is 26.0. The Balaban J connectivity index is 1.61. The summed E-state index contributed by atoms with van der Waals surface area (Å²) in [5.41, 5.74) is 0. The monoisotopic (exact) mass is 705 g/mol. The lowest BCUT2D eigenvalue weighted by Crippen LogP contribution is -2.70. The molecule has 21 heteroatoms. The van der Waals surface area contributed by atoms with E-state index in [4.69, 9.17) is 33.2 Å². The second-order valence-electron chi connectivity index (χ2n) is 12.2. The Kier molecular flexibility index (Phi) is 13.8. The molecule has 280 valence electrons. The third-order valence-electron chi connectivity index (χ3n) is 8.87. The van der Waals surface area contributed by atoms with E-state index in [0.29, 0.717) is 0 Å². The smallest absolute Gasteiger partial charge is 0.217 e. The lowest BCUT2D eigenvalue weighted by atomic mass is 9.94. The van der Waals surface area contributed by atoms with Crippen molar-refractivity contribution in [2.24, 2.45) is 0 Å². The van der Waals surface area contributed by atoms with Gasteiger partial charge >= 0.3 is 0 Å². The molecule has 1 amide bonds. The van der Waals surface area contributed by atoms with Crippen LogP contribution in [0.5, 0.6) is 0 Å². The molecule has 0 aliphatic carbocycles. The molecule has 48 heavy (non-hydrogen) atoms. The van der Waals surface area contributed by atoms with Crippen molar-refractivity contribution < 1.29 is 99.2 Å². The van der Waals surface area contributed by atoms with E-state index in [1.54, 1.807) is 0 Å². The van der Waals surface area contributed by atoms with Gasteiger partial charge in [0.2, 0.25) is 5.91 Å². The SMILES string of the molecule is CC(=O)NC1[C@H](O[C@@H]2C(O)[C@H](O[C@@H]3C(CO)OC(C)C(O)[C@@H]3O)OC(CO)[C@@H]2O)OC(CO)[C@@H](O)[C@H]1O[C@@H]1OC(CO)[C@H](O)[C@H](O)C1O. The Bertz CT molecular complexity index is 1030. The molecule has 0 spiro atoms. The predicted molar refractivity (Wildman–Crippen MR) is 149 cm³/mol. The summed E-state index contributed by atoms with van der Waals surface area (Å²) in [7, 11) is 0. The first kappa shape index (κ1) is 39.5. The van der Waals surface area contributed by atoms with Crippen LogP contribution in [-0.4, -0.2) is 216 Å². The van der Waals surface area contributed by atoms with Crippen LogP contribution in [0.3, 0.4) is 0 Å². The van der Waals surface area contributed by atoms with E-state index in [0.717, 1.165) is 6.92 Å². The Morgan fingerprint density at radius 3 is 1.52 bits per heavy atom. The largest absolute Gasteiger partial charge is 0.394 e. The summed E-state index contributed by atoms with van der Waals surface area (Å²) in [5, 5.41) is 127. The first-order chi connectivity index (χ1) is 22.7. The molecule has 0 saturated carbocycles. The van der Waals surface area contributed by atoms with Gasteiger partial charge < -0.3 is 99.8 Å². The molecule has 13 N–H and O–H groups in total. The number of carbonyl (C=O) groups excluding carboxylic acids is 1. The molecule has 0 bridgehead atoms. The summed E-state index contributed by atoms with van der Waals surface area (Å²) in [6.07, 6.45) is -31.2. The number of carbonyl (C=O) groups is 1. The molecule has 4 heterocycles. The molecule has 4 aliphatic heterocycles. The normalized spacial score (nSPS) is 50.2. The van der Waals surface area contributed by atoms with E-state index >= 15 is 0 Å². The number of aliphatic hydroxyl groups is 12. The Morgan fingerprint density at radius 1 is 0.521 bits per heavy atom. The average molecular weight is 706 g/mol. The van der Waals surface area contributed by atoms with Crippen molar-refractivity contribution in [3.8, 4) is 0 Å². The quantitative estimate of drug-likeness (QED) is 0.0949. The number of hydrogen-bond acceptors (Lipinski definition) is 20. The van der Waals surface area contributed by atoms with Crippen LogP contribution in [0.2, 0.25) is 0 Å². The lowest BCUT2D eigenvalue weighted by Gasteiger charge is -2.50. The zero-order chi connectivity index (χ0) is 35.6. The fourth-order valence-electron chi connectivity index (χ4n) is 6.15. The fourth-order valence-corrected chi connectivity index (χ4v) is 6.15. The Morgan fingerprint density at radius 2 is 0.979 bits per heavy atom. The molecule has 4 saturated heterocycles. The van der Waals surface area contributed by atoms with Crippen molar-refractivity contribution in [2.45, 2.75) is 136 Å². The maximum atomic E-state index is 12.3. The number of aliphatic hydroxyl groups excluding tert-OH is 12. The summed E-state index contributed by atoms with van der Waals surface area (Å²) >= 11 is 0. The second-order valence-corrected chi connectivity index (χ2v) is 12.2.